The summed E-state index contributed by atoms with van der Waals surface area (Å²) in [4.78, 5) is 14.6. The maximum Gasteiger partial charge on any atom is 0.247 e. The minimum Gasteiger partial charge on any atom is -0.497 e. The second kappa shape index (κ2) is 7.88. The first-order chi connectivity index (χ1) is 12.2. The lowest BCUT2D eigenvalue weighted by Crippen LogP contribution is -2.28. The molecule has 0 spiro atoms. The molecular weight excluding hydrogens is 314 g/mol. The van der Waals surface area contributed by atoms with Gasteiger partial charge >= 0.3 is 0 Å². The first-order valence-electron chi connectivity index (χ1n) is 8.48. The lowest BCUT2D eigenvalue weighted by molar-refractivity contribution is -0.126. The van der Waals surface area contributed by atoms with Gasteiger partial charge in [-0.2, -0.15) is 0 Å². The van der Waals surface area contributed by atoms with Gasteiger partial charge in [-0.05, 0) is 54.3 Å². The van der Waals surface area contributed by atoms with Gasteiger partial charge < -0.3 is 14.4 Å². The van der Waals surface area contributed by atoms with Crippen molar-refractivity contribution in [2.24, 2.45) is 0 Å². The Labute approximate surface area is 148 Å². The zero-order chi connectivity index (χ0) is 17.6. The van der Waals surface area contributed by atoms with E-state index >= 15 is 0 Å². The van der Waals surface area contributed by atoms with Crippen LogP contribution in [0.4, 0.5) is 0 Å². The van der Waals surface area contributed by atoms with Crippen molar-refractivity contribution in [3.63, 3.8) is 0 Å². The molecular formula is C21H23NO3. The number of hydrogen-bond acceptors (Lipinski definition) is 3. The van der Waals surface area contributed by atoms with Crippen molar-refractivity contribution in [2.45, 2.75) is 18.9 Å². The van der Waals surface area contributed by atoms with E-state index in [-0.39, 0.29) is 11.9 Å². The highest BCUT2D eigenvalue weighted by atomic mass is 16.5. The second-order valence-corrected chi connectivity index (χ2v) is 6.07. The fraction of sp³-hybridized carbons (Fsp3) is 0.286. The van der Waals surface area contributed by atoms with Crippen LogP contribution in [0.1, 0.15) is 30.0 Å². The summed E-state index contributed by atoms with van der Waals surface area (Å²) in [5, 5.41) is 0. The lowest BCUT2D eigenvalue weighted by Gasteiger charge is -2.24. The van der Waals surface area contributed by atoms with Crippen molar-refractivity contribution >= 4 is 12.0 Å². The van der Waals surface area contributed by atoms with Gasteiger partial charge in [-0.15, -0.1) is 0 Å². The maximum atomic E-state index is 12.6. The zero-order valence-electron chi connectivity index (χ0n) is 14.6. The van der Waals surface area contributed by atoms with Gasteiger partial charge in [0.15, 0.2) is 0 Å². The van der Waals surface area contributed by atoms with Crippen LogP contribution >= 0.6 is 0 Å². The van der Waals surface area contributed by atoms with Gasteiger partial charge in [-0.1, -0.05) is 24.3 Å². The fourth-order valence-corrected chi connectivity index (χ4v) is 3.18. The number of rotatable bonds is 5. The summed E-state index contributed by atoms with van der Waals surface area (Å²) in [6.45, 7) is 0.794. The molecule has 1 heterocycles. The summed E-state index contributed by atoms with van der Waals surface area (Å²) in [5.74, 6) is 1.69. The van der Waals surface area contributed by atoms with Gasteiger partial charge in [0.25, 0.3) is 0 Å². The van der Waals surface area contributed by atoms with Crippen molar-refractivity contribution in [1.82, 2.24) is 4.90 Å². The molecule has 0 saturated carbocycles. The van der Waals surface area contributed by atoms with Crippen LogP contribution in [0, 0.1) is 0 Å². The predicted molar refractivity (Wildman–Crippen MR) is 98.7 cm³/mol. The topological polar surface area (TPSA) is 38.8 Å². The summed E-state index contributed by atoms with van der Waals surface area (Å²) < 4.78 is 10.4. The van der Waals surface area contributed by atoms with E-state index in [1.807, 2.05) is 59.5 Å². The third-order valence-electron chi connectivity index (χ3n) is 4.57. The number of nitrogens with zero attached hydrogens (tertiary/aromatic N) is 1. The van der Waals surface area contributed by atoms with E-state index in [9.17, 15) is 4.79 Å². The molecule has 1 saturated heterocycles. The first-order valence-corrected chi connectivity index (χ1v) is 8.48. The first kappa shape index (κ1) is 17.1. The molecule has 3 rings (SSSR count). The molecule has 1 amide bonds. The van der Waals surface area contributed by atoms with Crippen LogP contribution in [-0.2, 0) is 4.79 Å². The highest BCUT2D eigenvalue weighted by Crippen LogP contribution is 2.33. The third kappa shape index (κ3) is 4.02. The number of methoxy groups -OCH3 is 2. The standard InChI is InChI=1S/C21H23NO3/c1-24-18-10-5-16(6-11-18)7-14-21(23)22-15-3-4-20(22)17-8-12-19(25-2)13-9-17/h5-14,20H,3-4,15H2,1-2H3/b14-7+/t20-/m1/s1. The molecule has 0 unspecified atom stereocenters. The van der Waals surface area contributed by atoms with Crippen molar-refractivity contribution < 1.29 is 14.3 Å². The van der Waals surface area contributed by atoms with E-state index in [4.69, 9.17) is 9.47 Å². The Balaban J connectivity index is 1.70. The molecule has 4 nitrogen and oxygen atoms in total. The molecule has 2 aromatic carbocycles. The lowest BCUT2D eigenvalue weighted by atomic mass is 10.0. The number of hydrogen-bond donors (Lipinski definition) is 0. The number of benzene rings is 2. The molecule has 130 valence electrons. The number of carbonyl (C=O) groups excluding carboxylic acids is 1. The minimum absolute atomic E-state index is 0.0501. The van der Waals surface area contributed by atoms with Crippen LogP contribution in [0.3, 0.4) is 0 Å². The Hall–Kier alpha value is -2.75. The van der Waals surface area contributed by atoms with Gasteiger partial charge in [-0.3, -0.25) is 4.79 Å². The molecule has 1 aliphatic heterocycles. The average molecular weight is 337 g/mol. The second-order valence-electron chi connectivity index (χ2n) is 6.07. The Morgan fingerprint density at radius 2 is 1.60 bits per heavy atom. The van der Waals surface area contributed by atoms with E-state index in [2.05, 4.69) is 0 Å². The number of amides is 1. The molecule has 0 radical (unpaired) electrons. The van der Waals surface area contributed by atoms with Crippen LogP contribution in [0.2, 0.25) is 0 Å². The van der Waals surface area contributed by atoms with Crippen molar-refractivity contribution in [1.29, 1.82) is 0 Å². The van der Waals surface area contributed by atoms with E-state index in [0.29, 0.717) is 0 Å². The van der Waals surface area contributed by atoms with Gasteiger partial charge in [0, 0.05) is 12.6 Å². The Bertz CT molecular complexity index is 735. The molecule has 0 bridgehead atoms. The van der Waals surface area contributed by atoms with Gasteiger partial charge in [0.1, 0.15) is 11.5 Å². The third-order valence-corrected chi connectivity index (χ3v) is 4.57. The van der Waals surface area contributed by atoms with Crippen molar-refractivity contribution in [2.75, 3.05) is 20.8 Å². The van der Waals surface area contributed by atoms with Crippen LogP contribution in [-0.4, -0.2) is 31.6 Å². The SMILES string of the molecule is COc1ccc(/C=C/C(=O)N2CCC[C@@H]2c2ccc(OC)cc2)cc1. The summed E-state index contributed by atoms with van der Waals surface area (Å²) in [6.07, 6.45) is 5.53. The van der Waals surface area contributed by atoms with E-state index in [0.717, 1.165) is 42.0 Å². The normalized spacial score (nSPS) is 17.0. The Kier molecular flexibility index (Phi) is 5.39. The molecule has 4 heteroatoms. The molecule has 0 aromatic heterocycles. The molecule has 1 fully saturated rings. The Morgan fingerprint density at radius 3 is 2.20 bits per heavy atom. The summed E-state index contributed by atoms with van der Waals surface area (Å²) in [7, 11) is 3.30. The molecule has 2 aromatic rings. The van der Waals surface area contributed by atoms with E-state index in [1.54, 1.807) is 20.3 Å². The van der Waals surface area contributed by atoms with Gasteiger partial charge in [0.05, 0.1) is 20.3 Å². The average Bonchev–Trinajstić information content (AvgIpc) is 3.16. The number of likely N-dealkylation sites (tertiary alicyclic amines) is 1. The monoisotopic (exact) mass is 337 g/mol. The fourth-order valence-electron chi connectivity index (χ4n) is 3.18. The maximum absolute atomic E-state index is 12.6. The van der Waals surface area contributed by atoms with Gasteiger partial charge in [-0.25, -0.2) is 0 Å². The quantitative estimate of drug-likeness (QED) is 0.772. The van der Waals surface area contributed by atoms with Crippen LogP contribution in [0.5, 0.6) is 11.5 Å². The van der Waals surface area contributed by atoms with Gasteiger partial charge in [0.2, 0.25) is 5.91 Å². The molecule has 0 N–H and O–H groups in total. The van der Waals surface area contributed by atoms with Crippen LogP contribution < -0.4 is 9.47 Å². The highest BCUT2D eigenvalue weighted by Gasteiger charge is 2.28. The number of ether oxygens (including phenoxy) is 2. The van der Waals surface area contributed by atoms with Crippen LogP contribution in [0.25, 0.3) is 6.08 Å². The highest BCUT2D eigenvalue weighted by molar-refractivity contribution is 5.92. The summed E-state index contributed by atoms with van der Waals surface area (Å²) >= 11 is 0. The van der Waals surface area contributed by atoms with Crippen molar-refractivity contribution in [3.8, 4) is 11.5 Å². The largest absolute Gasteiger partial charge is 0.497 e. The Morgan fingerprint density at radius 1 is 1.00 bits per heavy atom. The van der Waals surface area contributed by atoms with E-state index in [1.165, 1.54) is 0 Å². The molecule has 0 aliphatic carbocycles. The number of carbonyl (C=O) groups is 1. The van der Waals surface area contributed by atoms with E-state index < -0.39 is 0 Å². The zero-order valence-corrected chi connectivity index (χ0v) is 14.6. The molecule has 1 atom stereocenters. The summed E-state index contributed by atoms with van der Waals surface area (Å²) in [6, 6.07) is 15.8. The predicted octanol–water partition coefficient (Wildman–Crippen LogP) is 4.08. The van der Waals surface area contributed by atoms with Crippen LogP contribution in [0.15, 0.2) is 54.6 Å². The summed E-state index contributed by atoms with van der Waals surface area (Å²) in [5.41, 5.74) is 2.14. The minimum atomic E-state index is 0.0501. The van der Waals surface area contributed by atoms with Crippen molar-refractivity contribution in [3.05, 3.63) is 65.7 Å². The molecule has 25 heavy (non-hydrogen) atoms. The molecule has 1 aliphatic rings. The smallest absolute Gasteiger partial charge is 0.247 e.